The van der Waals surface area contributed by atoms with Gasteiger partial charge in [0.05, 0.1) is 0 Å². The molecule has 1 heterocycles. The van der Waals surface area contributed by atoms with E-state index < -0.39 is 7.82 Å². The van der Waals surface area contributed by atoms with Crippen LogP contribution in [0.15, 0.2) is 24.3 Å². The van der Waals surface area contributed by atoms with Crippen molar-refractivity contribution in [3.63, 3.8) is 0 Å². The Morgan fingerprint density at radius 1 is 0.490 bits per heavy atom. The molecule has 51 heavy (non-hydrogen) atoms. The van der Waals surface area contributed by atoms with E-state index in [-0.39, 0.29) is 72.9 Å². The van der Waals surface area contributed by atoms with Crippen molar-refractivity contribution in [3.8, 4) is 11.5 Å². The Kier molecular flexibility index (Phi) is 13.4. The minimum absolute atomic E-state index is 0. The van der Waals surface area contributed by atoms with Crippen LogP contribution in [-0.4, -0.2) is 0 Å². The third kappa shape index (κ3) is 12.6. The first-order chi connectivity index (χ1) is 21.9. The fraction of sp³-hybridized carbons (Fsp3) is 0.733. The number of phosphoric acid groups is 1. The summed E-state index contributed by atoms with van der Waals surface area (Å²) in [5.74, 6) is 0.877. The summed E-state index contributed by atoms with van der Waals surface area (Å²) < 4.78 is 26.6. The van der Waals surface area contributed by atoms with Crippen molar-refractivity contribution in [2.45, 2.75) is 192 Å². The molecule has 0 saturated carbocycles. The Bertz CT molecular complexity index is 1490. The van der Waals surface area contributed by atoms with Gasteiger partial charge in [-0.1, -0.05) is 163 Å². The van der Waals surface area contributed by atoms with Crippen LogP contribution in [0.3, 0.4) is 0 Å². The zero-order chi connectivity index (χ0) is 38.9. The number of rotatable bonds is 8. The van der Waals surface area contributed by atoms with Crippen molar-refractivity contribution in [2.24, 2.45) is 21.7 Å². The van der Waals surface area contributed by atoms with E-state index in [9.17, 15) is 9.46 Å². The number of benzene rings is 2. The van der Waals surface area contributed by atoms with Gasteiger partial charge in [0.1, 0.15) is 11.5 Å². The Balaban J connectivity index is 0.00000901. The summed E-state index contributed by atoms with van der Waals surface area (Å²) in [6, 6.07) is 8.94. The molecule has 0 N–H and O–H groups in total. The number of hydrogen-bond donors (Lipinski definition) is 0. The minimum atomic E-state index is -4.85. The summed E-state index contributed by atoms with van der Waals surface area (Å²) in [7, 11) is -4.85. The SMILES string of the molecule is CC(C)(C)CC(C)(C)c1cc2c(c(C(C)(C)CC(C)(C)C)c1)OP(=O)([O-])Oc1c(cc(C(C)(C)CC(C)(C)C)cc1C(C)(C)CC(C)(C)C)C2.[Na+]. The van der Waals surface area contributed by atoms with Crippen molar-refractivity contribution in [3.05, 3.63) is 57.6 Å². The molecule has 0 amide bonds. The minimum Gasteiger partial charge on any atom is -0.736 e. The van der Waals surface area contributed by atoms with Gasteiger partial charge in [0.25, 0.3) is 0 Å². The molecule has 0 aromatic heterocycles. The molecule has 3 rings (SSSR count). The number of fused-ring (bicyclic) bond motifs is 2. The molecule has 1 aliphatic rings. The average molecular weight is 733 g/mol. The van der Waals surface area contributed by atoms with Crippen LogP contribution in [0.5, 0.6) is 11.5 Å². The molecule has 0 fully saturated rings. The van der Waals surface area contributed by atoms with Crippen LogP contribution in [-0.2, 0) is 32.6 Å². The quantitative estimate of drug-likeness (QED) is 0.200. The molecule has 0 saturated heterocycles. The molecule has 284 valence electrons. The molecule has 0 radical (unpaired) electrons. The Morgan fingerprint density at radius 3 is 1.00 bits per heavy atom. The van der Waals surface area contributed by atoms with Crippen LogP contribution in [0.25, 0.3) is 0 Å². The normalized spacial score (nSPS) is 16.2. The summed E-state index contributed by atoms with van der Waals surface area (Å²) in [6.07, 6.45) is 4.19. The molecule has 0 aliphatic carbocycles. The Hall–Kier alpha value is -0.770. The third-order valence-corrected chi connectivity index (χ3v) is 10.8. The van der Waals surface area contributed by atoms with Crippen molar-refractivity contribution in [2.75, 3.05) is 0 Å². The molecule has 2 aromatic carbocycles. The summed E-state index contributed by atoms with van der Waals surface area (Å²) in [5.41, 5.74) is 5.32. The van der Waals surface area contributed by atoms with Crippen LogP contribution >= 0.6 is 7.82 Å². The van der Waals surface area contributed by atoms with Crippen LogP contribution < -0.4 is 43.5 Å². The fourth-order valence-corrected chi connectivity index (χ4v) is 10.7. The maximum atomic E-state index is 14.2. The van der Waals surface area contributed by atoms with Gasteiger partial charge in [-0.05, 0) is 91.3 Å². The molecular formula is C45H74NaO4P. The van der Waals surface area contributed by atoms with Gasteiger partial charge in [0.15, 0.2) is 0 Å². The van der Waals surface area contributed by atoms with Gasteiger partial charge in [-0.15, -0.1) is 0 Å². The molecule has 1 aliphatic heterocycles. The maximum Gasteiger partial charge on any atom is 1.00 e. The predicted molar refractivity (Wildman–Crippen MR) is 213 cm³/mol. The Morgan fingerprint density at radius 2 is 0.745 bits per heavy atom. The summed E-state index contributed by atoms with van der Waals surface area (Å²) >= 11 is 0. The molecule has 0 bridgehead atoms. The monoisotopic (exact) mass is 733 g/mol. The first kappa shape index (κ1) is 46.4. The van der Waals surface area contributed by atoms with E-state index in [1.54, 1.807) is 0 Å². The van der Waals surface area contributed by atoms with E-state index in [0.29, 0.717) is 17.9 Å². The van der Waals surface area contributed by atoms with E-state index >= 15 is 0 Å². The van der Waals surface area contributed by atoms with Gasteiger partial charge in [-0.3, -0.25) is 0 Å². The second-order valence-corrected chi connectivity index (χ2v) is 24.6. The zero-order valence-electron chi connectivity index (χ0n) is 36.9. The smallest absolute Gasteiger partial charge is 0.736 e. The van der Waals surface area contributed by atoms with E-state index in [0.717, 1.165) is 47.9 Å². The van der Waals surface area contributed by atoms with Crippen molar-refractivity contribution in [1.82, 2.24) is 0 Å². The third-order valence-electron chi connectivity index (χ3n) is 10.0. The van der Waals surface area contributed by atoms with Gasteiger partial charge in [-0.2, -0.15) is 0 Å². The molecular weight excluding hydrogens is 658 g/mol. The average Bonchev–Trinajstić information content (AvgIpc) is 2.78. The molecule has 0 atom stereocenters. The van der Waals surface area contributed by atoms with Crippen LogP contribution in [0.1, 0.15) is 198 Å². The molecule has 4 nitrogen and oxygen atoms in total. The fourth-order valence-electron chi connectivity index (χ4n) is 9.79. The largest absolute Gasteiger partial charge is 1.00 e. The van der Waals surface area contributed by atoms with E-state index in [1.807, 2.05) is 0 Å². The first-order valence-electron chi connectivity index (χ1n) is 19.0. The van der Waals surface area contributed by atoms with Crippen molar-refractivity contribution >= 4 is 7.82 Å². The predicted octanol–water partition coefficient (Wildman–Crippen LogP) is 10.4. The van der Waals surface area contributed by atoms with Gasteiger partial charge in [0.2, 0.25) is 0 Å². The zero-order valence-corrected chi connectivity index (χ0v) is 39.8. The van der Waals surface area contributed by atoms with E-state index in [4.69, 9.17) is 9.05 Å². The van der Waals surface area contributed by atoms with Gasteiger partial charge in [-0.25, -0.2) is 4.57 Å². The van der Waals surface area contributed by atoms with Gasteiger partial charge in [0, 0.05) is 17.5 Å². The number of hydrogen-bond acceptors (Lipinski definition) is 4. The van der Waals surface area contributed by atoms with E-state index in [2.05, 4.69) is 163 Å². The van der Waals surface area contributed by atoms with Crippen LogP contribution in [0.2, 0.25) is 0 Å². The molecule has 6 heteroatoms. The standard InChI is InChI=1S/C45H75O4P.Na/c1-38(2,3)26-42(13,14)32-22-30-21-31-23-33(43(15,16)27-39(4,5)6)25-35(45(19,20)29-41(10,11)12)37(31)49-50(46,47)48-36(30)34(24-32)44(17,18)28-40(7,8)9;/h22-25H,21,26-29H2,1-20H3,(H,46,47);/q;+1/p-1. The van der Waals surface area contributed by atoms with Crippen LogP contribution in [0, 0.1) is 21.7 Å². The first-order valence-corrected chi connectivity index (χ1v) is 20.4. The summed E-state index contributed by atoms with van der Waals surface area (Å²) in [6.45, 7) is 45.4. The molecule has 0 spiro atoms. The van der Waals surface area contributed by atoms with Crippen molar-refractivity contribution < 1.29 is 48.1 Å². The molecule has 2 aromatic rings. The van der Waals surface area contributed by atoms with Gasteiger partial charge >= 0.3 is 37.4 Å². The summed E-state index contributed by atoms with van der Waals surface area (Å²) in [4.78, 5) is 14.2. The second-order valence-electron chi connectivity index (χ2n) is 23.3. The maximum absolute atomic E-state index is 14.2. The van der Waals surface area contributed by atoms with Crippen molar-refractivity contribution in [1.29, 1.82) is 0 Å². The Labute approximate surface area is 337 Å². The summed E-state index contributed by atoms with van der Waals surface area (Å²) in [5, 5.41) is 0. The topological polar surface area (TPSA) is 58.6 Å². The molecule has 0 unspecified atom stereocenters. The number of phosphoric ester groups is 1. The van der Waals surface area contributed by atoms with Gasteiger partial charge < -0.3 is 13.9 Å². The van der Waals surface area contributed by atoms with E-state index in [1.165, 1.54) is 11.1 Å². The van der Waals surface area contributed by atoms with Crippen LogP contribution in [0.4, 0.5) is 0 Å². The second kappa shape index (κ2) is 14.7.